The third kappa shape index (κ3) is 4.65. The largest absolute Gasteiger partial charge is 0.324 e. The minimum absolute atomic E-state index is 0. The van der Waals surface area contributed by atoms with Crippen LogP contribution >= 0.6 is 12.4 Å². The summed E-state index contributed by atoms with van der Waals surface area (Å²) in [5.41, 5.74) is 2.64. The Morgan fingerprint density at radius 2 is 1.64 bits per heavy atom. The summed E-state index contributed by atoms with van der Waals surface area (Å²) in [5, 5.41) is 0. The minimum atomic E-state index is -0.00774. The van der Waals surface area contributed by atoms with Gasteiger partial charge in [-0.15, -0.1) is 12.4 Å². The van der Waals surface area contributed by atoms with E-state index in [0.717, 1.165) is 49.8 Å². The van der Waals surface area contributed by atoms with Crippen LogP contribution in [0.1, 0.15) is 43.5 Å². The Kier molecular flexibility index (Phi) is 8.27. The first kappa shape index (κ1) is 22.2. The Labute approximate surface area is 174 Å². The first-order valence-electron chi connectivity index (χ1n) is 9.99. The van der Waals surface area contributed by atoms with Crippen molar-refractivity contribution in [3.05, 3.63) is 48.2 Å². The van der Waals surface area contributed by atoms with Gasteiger partial charge in [0.1, 0.15) is 5.82 Å². The Morgan fingerprint density at radius 1 is 0.964 bits per heavy atom. The molecule has 2 heterocycles. The molecule has 1 amide bonds. The van der Waals surface area contributed by atoms with Crippen molar-refractivity contribution in [1.82, 2.24) is 9.88 Å². The SMILES string of the molecule is CCCN(CCC)CCCN1c2ccccc2N(C)C(=O)c2cccnc21.Cl. The molecule has 0 unspecified atom stereocenters. The molecule has 28 heavy (non-hydrogen) atoms. The molecule has 0 saturated carbocycles. The van der Waals surface area contributed by atoms with Crippen LogP contribution in [0.3, 0.4) is 0 Å². The van der Waals surface area contributed by atoms with Gasteiger partial charge in [0, 0.05) is 19.8 Å². The third-order valence-electron chi connectivity index (χ3n) is 5.05. The second kappa shape index (κ2) is 10.4. The van der Waals surface area contributed by atoms with Gasteiger partial charge in [-0.25, -0.2) is 4.98 Å². The summed E-state index contributed by atoms with van der Waals surface area (Å²) in [4.78, 5) is 24.0. The quantitative estimate of drug-likeness (QED) is 0.639. The van der Waals surface area contributed by atoms with Gasteiger partial charge in [-0.05, 0) is 63.2 Å². The first-order chi connectivity index (χ1) is 13.2. The van der Waals surface area contributed by atoms with Crippen LogP contribution in [0.15, 0.2) is 42.6 Å². The molecule has 0 N–H and O–H groups in total. The Bertz CT molecular complexity index is 777. The molecular weight excluding hydrogens is 372 g/mol. The fraction of sp³-hybridized carbons (Fsp3) is 0.455. The summed E-state index contributed by atoms with van der Waals surface area (Å²) in [6.45, 7) is 8.64. The van der Waals surface area contributed by atoms with E-state index < -0.39 is 0 Å². The van der Waals surface area contributed by atoms with E-state index in [9.17, 15) is 4.79 Å². The summed E-state index contributed by atoms with van der Waals surface area (Å²) in [7, 11) is 1.84. The molecule has 1 aliphatic rings. The van der Waals surface area contributed by atoms with E-state index in [0.29, 0.717) is 5.56 Å². The van der Waals surface area contributed by atoms with Crippen molar-refractivity contribution in [2.75, 3.05) is 43.0 Å². The van der Waals surface area contributed by atoms with Crippen molar-refractivity contribution in [2.24, 2.45) is 0 Å². The number of amides is 1. The smallest absolute Gasteiger partial charge is 0.261 e. The maximum Gasteiger partial charge on any atom is 0.261 e. The molecule has 1 aromatic heterocycles. The van der Waals surface area contributed by atoms with Crippen molar-refractivity contribution in [3.63, 3.8) is 0 Å². The molecule has 0 spiro atoms. The number of hydrogen-bond donors (Lipinski definition) is 0. The number of benzene rings is 1. The molecule has 0 fully saturated rings. The lowest BCUT2D eigenvalue weighted by atomic mass is 10.2. The molecule has 5 nitrogen and oxygen atoms in total. The molecule has 0 saturated heterocycles. The molecular formula is C22H31ClN4O. The summed E-state index contributed by atoms with van der Waals surface area (Å²) in [6.07, 6.45) is 5.15. The number of para-hydroxylation sites is 2. The summed E-state index contributed by atoms with van der Waals surface area (Å²) in [5.74, 6) is 0.753. The number of anilines is 3. The van der Waals surface area contributed by atoms with Gasteiger partial charge >= 0.3 is 0 Å². The zero-order valence-electron chi connectivity index (χ0n) is 17.1. The molecule has 1 aromatic carbocycles. The van der Waals surface area contributed by atoms with Gasteiger partial charge in [0.25, 0.3) is 5.91 Å². The van der Waals surface area contributed by atoms with Gasteiger partial charge in [-0.2, -0.15) is 0 Å². The predicted molar refractivity (Wildman–Crippen MR) is 119 cm³/mol. The molecule has 0 atom stereocenters. The topological polar surface area (TPSA) is 39.7 Å². The molecule has 1 aliphatic heterocycles. The van der Waals surface area contributed by atoms with Crippen LogP contribution in [0.5, 0.6) is 0 Å². The van der Waals surface area contributed by atoms with Crippen LogP contribution in [0.25, 0.3) is 0 Å². The zero-order chi connectivity index (χ0) is 19.2. The number of rotatable bonds is 8. The van der Waals surface area contributed by atoms with Gasteiger partial charge in [0.05, 0.1) is 16.9 Å². The van der Waals surface area contributed by atoms with Gasteiger partial charge in [-0.1, -0.05) is 26.0 Å². The number of hydrogen-bond acceptors (Lipinski definition) is 4. The Balaban J connectivity index is 0.00000280. The number of pyridine rings is 1. The number of halogens is 1. The average Bonchev–Trinajstić information content (AvgIpc) is 2.78. The fourth-order valence-corrected chi connectivity index (χ4v) is 3.81. The van der Waals surface area contributed by atoms with E-state index in [4.69, 9.17) is 0 Å². The van der Waals surface area contributed by atoms with Crippen LogP contribution in [0.4, 0.5) is 17.2 Å². The van der Waals surface area contributed by atoms with Crippen LogP contribution in [0, 0.1) is 0 Å². The van der Waals surface area contributed by atoms with Crippen molar-refractivity contribution >= 4 is 35.5 Å². The van der Waals surface area contributed by atoms with Crippen molar-refractivity contribution in [1.29, 1.82) is 0 Å². The molecule has 2 aromatic rings. The molecule has 0 radical (unpaired) electrons. The molecule has 6 heteroatoms. The Morgan fingerprint density at radius 3 is 2.32 bits per heavy atom. The van der Waals surface area contributed by atoms with Crippen molar-refractivity contribution in [2.45, 2.75) is 33.1 Å². The van der Waals surface area contributed by atoms with Gasteiger partial charge in [0.2, 0.25) is 0 Å². The molecule has 0 aliphatic carbocycles. The van der Waals surface area contributed by atoms with E-state index in [1.807, 2.05) is 37.4 Å². The highest BCUT2D eigenvalue weighted by atomic mass is 35.5. The van der Waals surface area contributed by atoms with Crippen LogP contribution in [-0.2, 0) is 0 Å². The number of carbonyl (C=O) groups is 1. The lowest BCUT2D eigenvalue weighted by Crippen LogP contribution is -2.30. The van der Waals surface area contributed by atoms with E-state index >= 15 is 0 Å². The lowest BCUT2D eigenvalue weighted by Gasteiger charge is -2.27. The van der Waals surface area contributed by atoms with E-state index in [1.165, 1.54) is 12.8 Å². The fourth-order valence-electron chi connectivity index (χ4n) is 3.81. The third-order valence-corrected chi connectivity index (χ3v) is 5.05. The van der Waals surface area contributed by atoms with Crippen molar-refractivity contribution < 1.29 is 4.79 Å². The normalized spacial score (nSPS) is 13.1. The minimum Gasteiger partial charge on any atom is -0.324 e. The molecule has 3 rings (SSSR count). The van der Waals surface area contributed by atoms with Gasteiger partial charge in [0.15, 0.2) is 0 Å². The van der Waals surface area contributed by atoms with E-state index in [2.05, 4.69) is 34.7 Å². The van der Waals surface area contributed by atoms with Crippen LogP contribution in [-0.4, -0.2) is 49.0 Å². The van der Waals surface area contributed by atoms with Crippen LogP contribution in [0.2, 0.25) is 0 Å². The lowest BCUT2D eigenvalue weighted by molar-refractivity contribution is 0.0994. The summed E-state index contributed by atoms with van der Waals surface area (Å²) >= 11 is 0. The molecule has 152 valence electrons. The van der Waals surface area contributed by atoms with Gasteiger partial charge in [-0.3, -0.25) is 4.79 Å². The highest BCUT2D eigenvalue weighted by molar-refractivity contribution is 6.12. The van der Waals surface area contributed by atoms with Gasteiger partial charge < -0.3 is 14.7 Å². The van der Waals surface area contributed by atoms with E-state index in [-0.39, 0.29) is 18.3 Å². The second-order valence-electron chi connectivity index (χ2n) is 7.07. The summed E-state index contributed by atoms with van der Waals surface area (Å²) < 4.78 is 0. The Hall–Kier alpha value is -2.11. The number of fused-ring (bicyclic) bond motifs is 2. The molecule has 0 bridgehead atoms. The number of nitrogens with zero attached hydrogens (tertiary/aromatic N) is 4. The van der Waals surface area contributed by atoms with E-state index in [1.54, 1.807) is 11.1 Å². The highest BCUT2D eigenvalue weighted by Gasteiger charge is 2.29. The number of aromatic nitrogens is 1. The maximum absolute atomic E-state index is 12.9. The summed E-state index contributed by atoms with van der Waals surface area (Å²) in [6, 6.07) is 11.8. The monoisotopic (exact) mass is 402 g/mol. The van der Waals surface area contributed by atoms with Crippen molar-refractivity contribution in [3.8, 4) is 0 Å². The number of carbonyl (C=O) groups excluding carboxylic acids is 1. The first-order valence-corrected chi connectivity index (χ1v) is 9.99. The zero-order valence-corrected chi connectivity index (χ0v) is 17.9. The van der Waals surface area contributed by atoms with Crippen LogP contribution < -0.4 is 9.80 Å². The average molecular weight is 403 g/mol. The predicted octanol–water partition coefficient (Wildman–Crippen LogP) is 4.74. The highest BCUT2D eigenvalue weighted by Crippen LogP contribution is 2.38. The standard InChI is InChI=1S/C22H30N4O.ClH/c1-4-14-25(15-5-2)16-9-17-26-20-12-7-6-11-19(20)24(3)22(27)18-10-8-13-23-21(18)26;/h6-8,10-13H,4-5,9,14-17H2,1-3H3;1H. The second-order valence-corrected chi connectivity index (χ2v) is 7.07. The maximum atomic E-state index is 12.9.